The monoisotopic (exact) mass is 273 g/mol. The third kappa shape index (κ3) is 3.69. The molecular weight excluding hydrogens is 250 g/mol. The Morgan fingerprint density at radius 3 is 2.45 bits per heavy atom. The van der Waals surface area contributed by atoms with E-state index >= 15 is 0 Å². The molecule has 0 spiro atoms. The van der Waals surface area contributed by atoms with Crippen LogP contribution < -0.4 is 0 Å². The predicted molar refractivity (Wildman–Crippen MR) is 79.9 cm³/mol. The molecule has 0 bridgehead atoms. The van der Waals surface area contributed by atoms with Crippen molar-refractivity contribution in [3.05, 3.63) is 34.9 Å². The Morgan fingerprint density at radius 1 is 1.05 bits per heavy atom. The van der Waals surface area contributed by atoms with Gasteiger partial charge in [0.2, 0.25) is 5.91 Å². The van der Waals surface area contributed by atoms with Crippen LogP contribution in [0.15, 0.2) is 18.2 Å². The maximum absolute atomic E-state index is 12.2. The Hall–Kier alpha value is -1.64. The fraction of sp³-hybridized carbons (Fsp3) is 0.529. The zero-order valence-electron chi connectivity index (χ0n) is 12.4. The third-order valence-electron chi connectivity index (χ3n) is 3.97. The molecule has 0 unspecified atom stereocenters. The van der Waals surface area contributed by atoms with Gasteiger partial charge in [0.15, 0.2) is 5.78 Å². The van der Waals surface area contributed by atoms with Crippen molar-refractivity contribution in [2.75, 3.05) is 13.1 Å². The van der Waals surface area contributed by atoms with Gasteiger partial charge in [-0.2, -0.15) is 0 Å². The van der Waals surface area contributed by atoms with Crippen molar-refractivity contribution in [3.63, 3.8) is 0 Å². The van der Waals surface area contributed by atoms with Crippen LogP contribution in [-0.2, 0) is 4.79 Å². The average molecular weight is 273 g/mol. The minimum absolute atomic E-state index is 0.0801. The van der Waals surface area contributed by atoms with Crippen LogP contribution in [0.4, 0.5) is 0 Å². The number of amides is 1. The lowest BCUT2D eigenvalue weighted by Gasteiger charge is -2.26. The minimum Gasteiger partial charge on any atom is -0.343 e. The maximum Gasteiger partial charge on any atom is 0.223 e. The topological polar surface area (TPSA) is 37.4 Å². The largest absolute Gasteiger partial charge is 0.343 e. The Bertz CT molecular complexity index is 502. The molecular formula is C17H23NO2. The van der Waals surface area contributed by atoms with Crippen LogP contribution in [0.1, 0.15) is 53.6 Å². The van der Waals surface area contributed by atoms with Gasteiger partial charge >= 0.3 is 0 Å². The second-order valence-electron chi connectivity index (χ2n) is 5.68. The molecule has 1 heterocycles. The number of benzene rings is 1. The molecule has 1 amide bonds. The van der Waals surface area contributed by atoms with Crippen molar-refractivity contribution >= 4 is 11.7 Å². The van der Waals surface area contributed by atoms with Crippen LogP contribution in [0.2, 0.25) is 0 Å². The number of Topliss-reactive ketones (excluding diaryl/α,β-unsaturated/α-hetero) is 1. The standard InChI is InChI=1S/C17H23NO2/c1-13-6-7-14(2)15(12-13)16(19)8-9-17(20)18-10-4-3-5-11-18/h6-7,12H,3-5,8-11H2,1-2H3. The summed E-state index contributed by atoms with van der Waals surface area (Å²) in [4.78, 5) is 26.2. The number of ketones is 1. The highest BCUT2D eigenvalue weighted by molar-refractivity contribution is 5.99. The van der Waals surface area contributed by atoms with Gasteiger partial charge in [-0.3, -0.25) is 9.59 Å². The molecule has 3 heteroatoms. The summed E-state index contributed by atoms with van der Waals surface area (Å²) in [5.41, 5.74) is 2.84. The van der Waals surface area contributed by atoms with Crippen LogP contribution in [0.25, 0.3) is 0 Å². The SMILES string of the molecule is Cc1ccc(C)c(C(=O)CCC(=O)N2CCCCC2)c1. The van der Waals surface area contributed by atoms with Gasteiger partial charge < -0.3 is 4.90 Å². The lowest BCUT2D eigenvalue weighted by molar-refractivity contribution is -0.132. The number of likely N-dealkylation sites (tertiary alicyclic amines) is 1. The van der Waals surface area contributed by atoms with Crippen molar-refractivity contribution in [1.82, 2.24) is 4.90 Å². The lowest BCUT2D eigenvalue weighted by atomic mass is 9.99. The van der Waals surface area contributed by atoms with E-state index in [0.29, 0.717) is 12.8 Å². The molecule has 1 saturated heterocycles. The molecule has 1 aliphatic rings. The summed E-state index contributed by atoms with van der Waals surface area (Å²) < 4.78 is 0. The molecule has 0 radical (unpaired) electrons. The summed E-state index contributed by atoms with van der Waals surface area (Å²) in [7, 11) is 0. The zero-order chi connectivity index (χ0) is 14.5. The van der Waals surface area contributed by atoms with Gasteiger partial charge in [-0.05, 0) is 44.7 Å². The molecule has 1 aromatic rings. The number of carbonyl (C=O) groups excluding carboxylic acids is 2. The van der Waals surface area contributed by atoms with Crippen LogP contribution in [0, 0.1) is 13.8 Å². The first-order valence-corrected chi connectivity index (χ1v) is 7.46. The quantitative estimate of drug-likeness (QED) is 0.789. The van der Waals surface area contributed by atoms with E-state index in [9.17, 15) is 9.59 Å². The van der Waals surface area contributed by atoms with Gasteiger partial charge in [-0.1, -0.05) is 17.7 Å². The first-order valence-electron chi connectivity index (χ1n) is 7.46. The highest BCUT2D eigenvalue weighted by Crippen LogP contribution is 2.15. The third-order valence-corrected chi connectivity index (χ3v) is 3.97. The van der Waals surface area contributed by atoms with Crippen molar-refractivity contribution < 1.29 is 9.59 Å². The summed E-state index contributed by atoms with van der Waals surface area (Å²) in [6, 6.07) is 5.89. The van der Waals surface area contributed by atoms with Gasteiger partial charge in [-0.15, -0.1) is 0 Å². The summed E-state index contributed by atoms with van der Waals surface area (Å²) in [6.45, 7) is 5.64. The number of rotatable bonds is 4. The molecule has 20 heavy (non-hydrogen) atoms. The van der Waals surface area contributed by atoms with Crippen LogP contribution in [0.5, 0.6) is 0 Å². The number of carbonyl (C=O) groups is 2. The fourth-order valence-electron chi connectivity index (χ4n) is 2.69. The van der Waals surface area contributed by atoms with E-state index in [0.717, 1.165) is 42.6 Å². The molecule has 0 N–H and O–H groups in total. The zero-order valence-corrected chi connectivity index (χ0v) is 12.4. The second kappa shape index (κ2) is 6.69. The highest BCUT2D eigenvalue weighted by Gasteiger charge is 2.18. The van der Waals surface area contributed by atoms with Gasteiger partial charge in [0.1, 0.15) is 0 Å². The smallest absolute Gasteiger partial charge is 0.223 e. The fourth-order valence-corrected chi connectivity index (χ4v) is 2.69. The average Bonchev–Trinajstić information content (AvgIpc) is 2.47. The predicted octanol–water partition coefficient (Wildman–Crippen LogP) is 3.28. The van der Waals surface area contributed by atoms with E-state index in [-0.39, 0.29) is 11.7 Å². The van der Waals surface area contributed by atoms with E-state index in [2.05, 4.69) is 0 Å². The summed E-state index contributed by atoms with van der Waals surface area (Å²) >= 11 is 0. The molecule has 1 aliphatic heterocycles. The molecule has 0 saturated carbocycles. The molecule has 0 aromatic heterocycles. The van der Waals surface area contributed by atoms with Crippen LogP contribution in [0.3, 0.4) is 0 Å². The van der Waals surface area contributed by atoms with Crippen molar-refractivity contribution in [2.24, 2.45) is 0 Å². The van der Waals surface area contributed by atoms with Gasteiger partial charge in [0.05, 0.1) is 0 Å². The summed E-state index contributed by atoms with van der Waals surface area (Å²) in [5, 5.41) is 0. The van der Waals surface area contributed by atoms with Crippen molar-refractivity contribution in [2.45, 2.75) is 46.0 Å². The van der Waals surface area contributed by atoms with Crippen molar-refractivity contribution in [1.29, 1.82) is 0 Å². The second-order valence-corrected chi connectivity index (χ2v) is 5.68. The van der Waals surface area contributed by atoms with E-state index in [1.807, 2.05) is 36.9 Å². The molecule has 0 aliphatic carbocycles. The number of hydrogen-bond donors (Lipinski definition) is 0. The van der Waals surface area contributed by atoms with Gasteiger partial charge in [0, 0.05) is 31.5 Å². The number of piperidine rings is 1. The molecule has 1 aromatic carbocycles. The normalized spacial score (nSPS) is 15.2. The van der Waals surface area contributed by atoms with Crippen molar-refractivity contribution in [3.8, 4) is 0 Å². The Morgan fingerprint density at radius 2 is 1.75 bits per heavy atom. The first kappa shape index (κ1) is 14.8. The number of aryl methyl sites for hydroxylation is 2. The minimum atomic E-state index is 0.0801. The molecule has 3 nitrogen and oxygen atoms in total. The van der Waals surface area contributed by atoms with E-state index in [1.54, 1.807) is 0 Å². The molecule has 1 fully saturated rings. The molecule has 0 atom stereocenters. The summed E-state index contributed by atoms with van der Waals surface area (Å²) in [6.07, 6.45) is 4.06. The summed E-state index contributed by atoms with van der Waals surface area (Å²) in [5.74, 6) is 0.208. The van der Waals surface area contributed by atoms with Crippen LogP contribution >= 0.6 is 0 Å². The number of nitrogens with zero attached hydrogens (tertiary/aromatic N) is 1. The molecule has 2 rings (SSSR count). The van der Waals surface area contributed by atoms with Gasteiger partial charge in [-0.25, -0.2) is 0 Å². The van der Waals surface area contributed by atoms with Crippen LogP contribution in [-0.4, -0.2) is 29.7 Å². The lowest BCUT2D eigenvalue weighted by Crippen LogP contribution is -2.35. The first-order chi connectivity index (χ1) is 9.58. The van der Waals surface area contributed by atoms with E-state index < -0.39 is 0 Å². The maximum atomic E-state index is 12.2. The Balaban J connectivity index is 1.91. The van der Waals surface area contributed by atoms with E-state index in [1.165, 1.54) is 6.42 Å². The number of hydrogen-bond acceptors (Lipinski definition) is 2. The molecule has 108 valence electrons. The van der Waals surface area contributed by atoms with Gasteiger partial charge in [0.25, 0.3) is 0 Å². The van der Waals surface area contributed by atoms with E-state index in [4.69, 9.17) is 0 Å². The highest BCUT2D eigenvalue weighted by atomic mass is 16.2. The Kier molecular flexibility index (Phi) is 4.94. The Labute approximate surface area is 121 Å².